The Balaban J connectivity index is 1.85. The normalized spacial score (nSPS) is 12.2. The van der Waals surface area contributed by atoms with Crippen molar-refractivity contribution in [2.24, 2.45) is 0 Å². The minimum absolute atomic E-state index is 0.0712. The maximum absolute atomic E-state index is 14.6. The minimum atomic E-state index is -4.33. The molecule has 0 radical (unpaired) electrons. The van der Waals surface area contributed by atoms with Crippen molar-refractivity contribution in [1.82, 2.24) is 10.2 Å². The number of benzene rings is 4. The fraction of sp³-hybridized carbons (Fsp3) is 0.257. The predicted octanol–water partition coefficient (Wildman–Crippen LogP) is 7.41. The SMILES string of the molecule is COc1ccc(S(=O)(=O)N(CC(=O)N(Cc2c(Cl)cccc2Cl)[C@@H](Cc2ccccc2)C(=O)NC(C)(C)C)c2cccc(Cl)c2)cc1. The van der Waals surface area contributed by atoms with Crippen LogP contribution in [0, 0.1) is 0 Å². The van der Waals surface area contributed by atoms with Gasteiger partial charge in [-0.15, -0.1) is 0 Å². The summed E-state index contributed by atoms with van der Waals surface area (Å²) in [4.78, 5) is 29.9. The lowest BCUT2D eigenvalue weighted by Gasteiger charge is -2.35. The van der Waals surface area contributed by atoms with E-state index in [1.54, 1.807) is 36.4 Å². The molecule has 0 bridgehead atoms. The second-order valence-electron chi connectivity index (χ2n) is 11.8. The second kappa shape index (κ2) is 15.4. The van der Waals surface area contributed by atoms with Gasteiger partial charge >= 0.3 is 0 Å². The molecule has 0 spiro atoms. The first kappa shape index (κ1) is 36.1. The van der Waals surface area contributed by atoms with E-state index < -0.39 is 40.0 Å². The molecule has 0 fully saturated rings. The van der Waals surface area contributed by atoms with Crippen LogP contribution in [0.25, 0.3) is 0 Å². The average molecular weight is 717 g/mol. The van der Waals surface area contributed by atoms with Crippen LogP contribution in [0.2, 0.25) is 15.1 Å². The maximum atomic E-state index is 14.6. The Morgan fingerprint density at radius 1 is 0.851 bits per heavy atom. The number of rotatable bonds is 12. The van der Waals surface area contributed by atoms with E-state index >= 15 is 0 Å². The van der Waals surface area contributed by atoms with E-state index in [1.165, 1.54) is 42.3 Å². The molecule has 4 rings (SSSR count). The lowest BCUT2D eigenvalue weighted by molar-refractivity contribution is -0.140. The van der Waals surface area contributed by atoms with Gasteiger partial charge in [0, 0.05) is 39.1 Å². The number of anilines is 1. The molecule has 0 saturated carbocycles. The van der Waals surface area contributed by atoms with Gasteiger partial charge in [-0.25, -0.2) is 8.42 Å². The third-order valence-electron chi connectivity index (χ3n) is 7.18. The van der Waals surface area contributed by atoms with Crippen molar-refractivity contribution in [2.75, 3.05) is 18.0 Å². The van der Waals surface area contributed by atoms with Crippen LogP contribution >= 0.6 is 34.8 Å². The number of hydrogen-bond donors (Lipinski definition) is 1. The van der Waals surface area contributed by atoms with Crippen LogP contribution in [-0.4, -0.2) is 50.4 Å². The quantitative estimate of drug-likeness (QED) is 0.165. The first-order valence-corrected chi connectivity index (χ1v) is 17.3. The van der Waals surface area contributed by atoms with Crippen LogP contribution in [0.15, 0.2) is 102 Å². The van der Waals surface area contributed by atoms with E-state index in [4.69, 9.17) is 39.5 Å². The predicted molar refractivity (Wildman–Crippen MR) is 188 cm³/mol. The van der Waals surface area contributed by atoms with Crippen molar-refractivity contribution in [2.45, 2.75) is 50.2 Å². The van der Waals surface area contributed by atoms with Crippen LogP contribution in [0.4, 0.5) is 5.69 Å². The van der Waals surface area contributed by atoms with Crippen molar-refractivity contribution in [3.8, 4) is 5.75 Å². The van der Waals surface area contributed by atoms with Crippen LogP contribution in [-0.2, 0) is 32.6 Å². The van der Waals surface area contributed by atoms with E-state index in [0.717, 1.165) is 9.87 Å². The number of hydrogen-bond acceptors (Lipinski definition) is 5. The molecule has 0 heterocycles. The molecule has 4 aromatic rings. The fourth-order valence-electron chi connectivity index (χ4n) is 4.90. The molecule has 0 unspecified atom stereocenters. The molecule has 4 aromatic carbocycles. The van der Waals surface area contributed by atoms with Crippen molar-refractivity contribution in [1.29, 1.82) is 0 Å². The van der Waals surface area contributed by atoms with Gasteiger partial charge in [-0.1, -0.05) is 77.3 Å². The zero-order valence-electron chi connectivity index (χ0n) is 26.4. The molecule has 0 saturated heterocycles. The summed E-state index contributed by atoms with van der Waals surface area (Å²) in [5.74, 6) is -0.626. The number of methoxy groups -OCH3 is 1. The molecule has 0 aliphatic rings. The first-order valence-electron chi connectivity index (χ1n) is 14.7. The summed E-state index contributed by atoms with van der Waals surface area (Å²) in [7, 11) is -2.85. The highest BCUT2D eigenvalue weighted by Crippen LogP contribution is 2.30. The van der Waals surface area contributed by atoms with Gasteiger partial charge in [0.05, 0.1) is 17.7 Å². The molecule has 1 atom stereocenters. The van der Waals surface area contributed by atoms with Gasteiger partial charge in [0.25, 0.3) is 10.0 Å². The number of halogens is 3. The summed E-state index contributed by atoms with van der Waals surface area (Å²) >= 11 is 19.4. The average Bonchev–Trinajstić information content (AvgIpc) is 3.02. The summed E-state index contributed by atoms with van der Waals surface area (Å²) < 4.78 is 34.6. The van der Waals surface area contributed by atoms with E-state index in [0.29, 0.717) is 21.4 Å². The van der Waals surface area contributed by atoms with Gasteiger partial charge in [0.1, 0.15) is 18.3 Å². The van der Waals surface area contributed by atoms with Gasteiger partial charge in [0.2, 0.25) is 11.8 Å². The van der Waals surface area contributed by atoms with Gasteiger partial charge in [-0.3, -0.25) is 13.9 Å². The van der Waals surface area contributed by atoms with E-state index in [1.807, 2.05) is 51.1 Å². The van der Waals surface area contributed by atoms with Crippen molar-refractivity contribution < 1.29 is 22.7 Å². The number of nitrogens with zero attached hydrogens (tertiary/aromatic N) is 2. The lowest BCUT2D eigenvalue weighted by atomic mass is 10.0. The van der Waals surface area contributed by atoms with Crippen molar-refractivity contribution >= 4 is 62.3 Å². The Kier molecular flexibility index (Phi) is 11.8. The molecule has 248 valence electrons. The molecular weight excluding hydrogens is 681 g/mol. The molecular formula is C35H36Cl3N3O5S. The Morgan fingerprint density at radius 3 is 2.04 bits per heavy atom. The first-order chi connectivity index (χ1) is 22.2. The Hall–Kier alpha value is -3.76. The number of amides is 2. The summed E-state index contributed by atoms with van der Waals surface area (Å²) in [6.07, 6.45) is 0.138. The van der Waals surface area contributed by atoms with E-state index in [-0.39, 0.29) is 28.6 Å². The number of sulfonamides is 1. The summed E-state index contributed by atoms with van der Waals surface area (Å²) in [6, 6.07) is 25.2. The standard InChI is InChI=1S/C35H36Cl3N3O5S/c1-35(2,3)39-34(43)32(20-24-10-6-5-7-11-24)40(22-29-30(37)14-9-15-31(29)38)33(42)23-41(26-13-8-12-25(36)21-26)47(44,45)28-18-16-27(46-4)17-19-28/h5-19,21,32H,20,22-23H2,1-4H3,(H,39,43)/t32-/m0/s1. The molecule has 0 aromatic heterocycles. The van der Waals surface area contributed by atoms with Gasteiger partial charge in [0.15, 0.2) is 0 Å². The zero-order valence-corrected chi connectivity index (χ0v) is 29.5. The Morgan fingerprint density at radius 2 is 1.47 bits per heavy atom. The van der Waals surface area contributed by atoms with Crippen LogP contribution in [0.1, 0.15) is 31.9 Å². The fourth-order valence-corrected chi connectivity index (χ4v) is 7.00. The monoisotopic (exact) mass is 715 g/mol. The van der Waals surface area contributed by atoms with Gasteiger partial charge in [-0.2, -0.15) is 0 Å². The third-order valence-corrected chi connectivity index (χ3v) is 9.91. The smallest absolute Gasteiger partial charge is 0.264 e. The molecule has 0 aliphatic heterocycles. The minimum Gasteiger partial charge on any atom is -0.497 e. The summed E-state index contributed by atoms with van der Waals surface area (Å²) in [5, 5.41) is 3.85. The third kappa shape index (κ3) is 9.41. The van der Waals surface area contributed by atoms with Crippen molar-refractivity contribution in [3.05, 3.63) is 123 Å². The second-order valence-corrected chi connectivity index (χ2v) is 14.9. The van der Waals surface area contributed by atoms with Crippen LogP contribution in [0.5, 0.6) is 5.75 Å². The lowest BCUT2D eigenvalue weighted by Crippen LogP contribution is -2.56. The topological polar surface area (TPSA) is 96.0 Å². The van der Waals surface area contributed by atoms with Crippen molar-refractivity contribution in [3.63, 3.8) is 0 Å². The highest BCUT2D eigenvalue weighted by atomic mass is 35.5. The molecule has 1 N–H and O–H groups in total. The highest BCUT2D eigenvalue weighted by Gasteiger charge is 2.36. The zero-order chi connectivity index (χ0) is 34.4. The Bertz CT molecular complexity index is 1790. The molecule has 12 heteroatoms. The largest absolute Gasteiger partial charge is 0.497 e. The summed E-state index contributed by atoms with van der Waals surface area (Å²) in [6.45, 7) is 4.68. The number of carbonyl (C=O) groups is 2. The van der Waals surface area contributed by atoms with Crippen LogP contribution < -0.4 is 14.4 Å². The van der Waals surface area contributed by atoms with E-state index in [2.05, 4.69) is 5.32 Å². The molecule has 47 heavy (non-hydrogen) atoms. The summed E-state index contributed by atoms with van der Waals surface area (Å²) in [5.41, 5.74) is 0.740. The van der Waals surface area contributed by atoms with Crippen LogP contribution in [0.3, 0.4) is 0 Å². The number of carbonyl (C=O) groups excluding carboxylic acids is 2. The Labute approximate surface area is 291 Å². The molecule has 2 amide bonds. The molecule has 8 nitrogen and oxygen atoms in total. The number of ether oxygens (including phenoxy) is 1. The number of nitrogens with one attached hydrogen (secondary N) is 1. The van der Waals surface area contributed by atoms with E-state index in [9.17, 15) is 18.0 Å². The van der Waals surface area contributed by atoms with Gasteiger partial charge < -0.3 is 15.0 Å². The maximum Gasteiger partial charge on any atom is 0.264 e. The highest BCUT2D eigenvalue weighted by molar-refractivity contribution is 7.92. The van der Waals surface area contributed by atoms with Gasteiger partial charge in [-0.05, 0) is 80.9 Å². The molecule has 0 aliphatic carbocycles.